The van der Waals surface area contributed by atoms with Crippen LogP contribution in [0.3, 0.4) is 0 Å². The lowest BCUT2D eigenvalue weighted by atomic mass is 10.0. The van der Waals surface area contributed by atoms with Crippen molar-refractivity contribution in [1.82, 2.24) is 4.90 Å². The number of benzene rings is 1. The van der Waals surface area contributed by atoms with Gasteiger partial charge in [0.15, 0.2) is 0 Å². The van der Waals surface area contributed by atoms with Gasteiger partial charge in [-0.25, -0.2) is 0 Å². The molecule has 4 heteroatoms. The van der Waals surface area contributed by atoms with E-state index in [9.17, 15) is 0 Å². The van der Waals surface area contributed by atoms with Crippen LogP contribution in [0.1, 0.15) is 38.3 Å². The number of nitrogens with two attached hydrogens (primary N) is 1. The fourth-order valence-corrected chi connectivity index (χ4v) is 3.44. The fraction of sp³-hybridized carbons (Fsp3) is 0.647. The first-order valence-corrected chi connectivity index (χ1v) is 8.02. The van der Waals surface area contributed by atoms with Crippen LogP contribution in [0, 0.1) is 0 Å². The molecule has 1 aromatic rings. The normalized spacial score (nSPS) is 27.0. The van der Waals surface area contributed by atoms with Crippen molar-refractivity contribution in [3.05, 3.63) is 29.8 Å². The summed E-state index contributed by atoms with van der Waals surface area (Å²) < 4.78 is 11.6. The topological polar surface area (TPSA) is 47.7 Å². The number of hydrogen-bond donors (Lipinski definition) is 1. The van der Waals surface area contributed by atoms with Gasteiger partial charge >= 0.3 is 0 Å². The summed E-state index contributed by atoms with van der Waals surface area (Å²) >= 11 is 0. The fourth-order valence-electron chi connectivity index (χ4n) is 3.44. The second kappa shape index (κ2) is 6.34. The molecule has 2 saturated heterocycles. The smallest absolute Gasteiger partial charge is 0.119 e. The molecule has 0 radical (unpaired) electrons. The average Bonchev–Trinajstić information content (AvgIpc) is 2.80. The van der Waals surface area contributed by atoms with E-state index in [0.717, 1.165) is 18.8 Å². The lowest BCUT2D eigenvalue weighted by Crippen LogP contribution is -2.46. The van der Waals surface area contributed by atoms with Gasteiger partial charge in [-0.3, -0.25) is 4.90 Å². The van der Waals surface area contributed by atoms with E-state index in [-0.39, 0.29) is 12.1 Å². The molecular formula is C17H26N2O2. The van der Waals surface area contributed by atoms with Crippen molar-refractivity contribution >= 4 is 0 Å². The van der Waals surface area contributed by atoms with Gasteiger partial charge in [-0.2, -0.15) is 0 Å². The second-order valence-corrected chi connectivity index (χ2v) is 6.40. The van der Waals surface area contributed by atoms with Crippen LogP contribution in [0.5, 0.6) is 5.75 Å². The molecule has 2 aliphatic heterocycles. The Bertz CT molecular complexity index is 448. The monoisotopic (exact) mass is 290 g/mol. The maximum Gasteiger partial charge on any atom is 0.119 e. The SMILES string of the molecule is CC(C)Oc1ccc(C(CN)N2CC3CCC(C2)O3)cc1. The van der Waals surface area contributed by atoms with E-state index in [2.05, 4.69) is 17.0 Å². The van der Waals surface area contributed by atoms with Crippen molar-refractivity contribution in [2.75, 3.05) is 19.6 Å². The quantitative estimate of drug-likeness (QED) is 0.904. The zero-order valence-corrected chi connectivity index (χ0v) is 13.0. The predicted octanol–water partition coefficient (Wildman–Crippen LogP) is 2.34. The Hall–Kier alpha value is -1.10. The molecule has 1 aromatic carbocycles. The second-order valence-electron chi connectivity index (χ2n) is 6.40. The summed E-state index contributed by atoms with van der Waals surface area (Å²) in [6, 6.07) is 8.67. The number of rotatable bonds is 5. The van der Waals surface area contributed by atoms with Gasteiger partial charge in [0.1, 0.15) is 5.75 Å². The van der Waals surface area contributed by atoms with Crippen molar-refractivity contribution in [1.29, 1.82) is 0 Å². The summed E-state index contributed by atoms with van der Waals surface area (Å²) in [6.07, 6.45) is 3.40. The van der Waals surface area contributed by atoms with Crippen LogP contribution in [0.2, 0.25) is 0 Å². The van der Waals surface area contributed by atoms with E-state index < -0.39 is 0 Å². The Balaban J connectivity index is 1.70. The van der Waals surface area contributed by atoms with Crippen LogP contribution in [-0.4, -0.2) is 42.8 Å². The molecule has 2 N–H and O–H groups in total. The average molecular weight is 290 g/mol. The van der Waals surface area contributed by atoms with Gasteiger partial charge in [-0.1, -0.05) is 12.1 Å². The maximum absolute atomic E-state index is 6.05. The Morgan fingerprint density at radius 3 is 2.33 bits per heavy atom. The molecule has 0 aromatic heterocycles. The Morgan fingerprint density at radius 2 is 1.81 bits per heavy atom. The van der Waals surface area contributed by atoms with Gasteiger partial charge in [0, 0.05) is 25.7 Å². The molecule has 0 amide bonds. The van der Waals surface area contributed by atoms with Gasteiger partial charge in [-0.15, -0.1) is 0 Å². The summed E-state index contributed by atoms with van der Waals surface area (Å²) in [4.78, 5) is 2.49. The van der Waals surface area contributed by atoms with Gasteiger partial charge in [0.25, 0.3) is 0 Å². The van der Waals surface area contributed by atoms with Crippen molar-refractivity contribution in [3.8, 4) is 5.75 Å². The van der Waals surface area contributed by atoms with Gasteiger partial charge in [0.2, 0.25) is 0 Å². The molecule has 116 valence electrons. The van der Waals surface area contributed by atoms with Crippen LogP contribution in [0.15, 0.2) is 24.3 Å². The molecule has 0 saturated carbocycles. The summed E-state index contributed by atoms with van der Waals surface area (Å²) in [6.45, 7) is 6.73. The largest absolute Gasteiger partial charge is 0.491 e. The first kappa shape index (κ1) is 14.8. The Kier molecular flexibility index (Phi) is 4.48. The minimum absolute atomic E-state index is 0.205. The molecule has 2 aliphatic rings. The highest BCUT2D eigenvalue weighted by Gasteiger charge is 2.36. The minimum atomic E-state index is 0.205. The molecule has 3 atom stereocenters. The molecule has 0 spiro atoms. The highest BCUT2D eigenvalue weighted by atomic mass is 16.5. The van der Waals surface area contributed by atoms with E-state index in [0.29, 0.717) is 18.8 Å². The molecular weight excluding hydrogens is 264 g/mol. The van der Waals surface area contributed by atoms with Crippen molar-refractivity contribution in [2.45, 2.75) is 51.0 Å². The van der Waals surface area contributed by atoms with Crippen LogP contribution in [-0.2, 0) is 4.74 Å². The molecule has 0 aliphatic carbocycles. The highest BCUT2D eigenvalue weighted by molar-refractivity contribution is 5.29. The summed E-state index contributed by atoms with van der Waals surface area (Å²) in [7, 11) is 0. The number of ether oxygens (including phenoxy) is 2. The summed E-state index contributed by atoms with van der Waals surface area (Å²) in [5, 5.41) is 0. The Labute approximate surface area is 127 Å². The standard InChI is InChI=1S/C17H26N2O2/c1-12(2)20-14-5-3-13(4-6-14)17(9-18)19-10-15-7-8-16(11-19)21-15/h3-6,12,15-17H,7-11,18H2,1-2H3. The third-order valence-electron chi connectivity index (χ3n) is 4.37. The summed E-state index contributed by atoms with van der Waals surface area (Å²) in [5.41, 5.74) is 7.33. The lowest BCUT2D eigenvalue weighted by molar-refractivity contribution is -0.0521. The van der Waals surface area contributed by atoms with Crippen molar-refractivity contribution < 1.29 is 9.47 Å². The molecule has 4 nitrogen and oxygen atoms in total. The number of hydrogen-bond acceptors (Lipinski definition) is 4. The van der Waals surface area contributed by atoms with E-state index in [1.807, 2.05) is 26.0 Å². The van der Waals surface area contributed by atoms with Gasteiger partial charge in [-0.05, 0) is 44.4 Å². The summed E-state index contributed by atoms with van der Waals surface area (Å²) in [5.74, 6) is 0.923. The molecule has 3 rings (SSSR count). The molecule has 2 fully saturated rings. The van der Waals surface area contributed by atoms with E-state index in [4.69, 9.17) is 15.2 Å². The van der Waals surface area contributed by atoms with Crippen LogP contribution in [0.25, 0.3) is 0 Å². The molecule has 2 heterocycles. The number of fused-ring (bicyclic) bond motifs is 2. The number of nitrogens with zero attached hydrogens (tertiary/aromatic N) is 1. The first-order valence-electron chi connectivity index (χ1n) is 8.02. The number of morpholine rings is 1. The lowest BCUT2D eigenvalue weighted by Gasteiger charge is -2.37. The predicted molar refractivity (Wildman–Crippen MR) is 83.5 cm³/mol. The maximum atomic E-state index is 6.05. The van der Waals surface area contributed by atoms with Crippen molar-refractivity contribution in [3.63, 3.8) is 0 Å². The highest BCUT2D eigenvalue weighted by Crippen LogP contribution is 2.32. The molecule has 21 heavy (non-hydrogen) atoms. The minimum Gasteiger partial charge on any atom is -0.491 e. The van der Waals surface area contributed by atoms with E-state index in [1.165, 1.54) is 18.4 Å². The first-order chi connectivity index (χ1) is 10.2. The van der Waals surface area contributed by atoms with Crippen molar-refractivity contribution in [2.24, 2.45) is 5.73 Å². The van der Waals surface area contributed by atoms with Gasteiger partial charge < -0.3 is 15.2 Å². The number of likely N-dealkylation sites (tertiary alicyclic amines) is 1. The zero-order chi connectivity index (χ0) is 14.8. The Morgan fingerprint density at radius 1 is 1.19 bits per heavy atom. The van der Waals surface area contributed by atoms with E-state index >= 15 is 0 Å². The van der Waals surface area contributed by atoms with E-state index in [1.54, 1.807) is 0 Å². The third-order valence-corrected chi connectivity index (χ3v) is 4.37. The van der Waals surface area contributed by atoms with Crippen LogP contribution in [0.4, 0.5) is 0 Å². The third kappa shape index (κ3) is 3.39. The zero-order valence-electron chi connectivity index (χ0n) is 13.0. The van der Waals surface area contributed by atoms with Crippen LogP contribution >= 0.6 is 0 Å². The van der Waals surface area contributed by atoms with Crippen LogP contribution < -0.4 is 10.5 Å². The molecule has 3 unspecified atom stereocenters. The van der Waals surface area contributed by atoms with Gasteiger partial charge in [0.05, 0.1) is 18.3 Å². The molecule has 2 bridgehead atoms.